The molecule has 0 saturated carbocycles. The minimum absolute atomic E-state index is 0.733. The Balaban J connectivity index is 1.89. The van der Waals surface area contributed by atoms with Crippen LogP contribution >= 0.6 is 11.3 Å². The van der Waals surface area contributed by atoms with E-state index in [9.17, 15) is 0 Å². The molecule has 0 amide bonds. The number of anilines is 1. The van der Waals surface area contributed by atoms with E-state index in [0.29, 0.717) is 0 Å². The molecule has 0 aliphatic carbocycles. The molecule has 0 aliphatic rings. The maximum atomic E-state index is 4.39. The van der Waals surface area contributed by atoms with Gasteiger partial charge in [0.25, 0.3) is 0 Å². The number of hydrogen-bond donors (Lipinski definition) is 1. The Labute approximate surface area is 114 Å². The van der Waals surface area contributed by atoms with Gasteiger partial charge in [-0.2, -0.15) is 5.10 Å². The molecule has 94 valence electrons. The van der Waals surface area contributed by atoms with E-state index in [1.54, 1.807) is 23.7 Å². The number of aromatic nitrogens is 2. The Kier molecular flexibility index (Phi) is 3.20. The molecule has 0 aliphatic heterocycles. The highest BCUT2D eigenvalue weighted by Crippen LogP contribution is 2.20. The van der Waals surface area contributed by atoms with Gasteiger partial charge in [-0.05, 0) is 36.6 Å². The average Bonchev–Trinajstić information content (AvgIpc) is 2.92. The van der Waals surface area contributed by atoms with Crippen molar-refractivity contribution in [2.24, 2.45) is 5.10 Å². The molecule has 5 heteroatoms. The minimum atomic E-state index is 0.733. The summed E-state index contributed by atoms with van der Waals surface area (Å²) in [5.41, 5.74) is 5.64. The third-order valence-corrected chi connectivity index (χ3v) is 3.47. The quantitative estimate of drug-likeness (QED) is 0.584. The van der Waals surface area contributed by atoms with Crippen LogP contribution in [0.4, 0.5) is 5.69 Å². The van der Waals surface area contributed by atoms with Crippen molar-refractivity contribution >= 4 is 34.3 Å². The van der Waals surface area contributed by atoms with E-state index in [1.807, 2.05) is 42.6 Å². The van der Waals surface area contributed by atoms with Crippen LogP contribution in [0.25, 0.3) is 11.0 Å². The number of aryl methyl sites for hydroxylation is 1. The summed E-state index contributed by atoms with van der Waals surface area (Å²) in [7, 11) is 0. The topological polar surface area (TPSA) is 50.2 Å². The summed E-state index contributed by atoms with van der Waals surface area (Å²) >= 11 is 1.65. The number of rotatable bonds is 3. The van der Waals surface area contributed by atoms with Gasteiger partial charge in [-0.3, -0.25) is 5.43 Å². The fourth-order valence-electron chi connectivity index (χ4n) is 1.75. The van der Waals surface area contributed by atoms with E-state index in [4.69, 9.17) is 0 Å². The zero-order valence-corrected chi connectivity index (χ0v) is 11.2. The van der Waals surface area contributed by atoms with Gasteiger partial charge in [0, 0.05) is 22.2 Å². The monoisotopic (exact) mass is 268 g/mol. The molecule has 0 bridgehead atoms. The molecule has 0 saturated heterocycles. The van der Waals surface area contributed by atoms with Gasteiger partial charge in [0.2, 0.25) is 0 Å². The van der Waals surface area contributed by atoms with E-state index >= 15 is 0 Å². The Morgan fingerprint density at radius 2 is 2.21 bits per heavy atom. The molecule has 0 radical (unpaired) electrons. The number of hydrogen-bond acceptors (Lipinski definition) is 5. The molecule has 3 aromatic heterocycles. The predicted octanol–water partition coefficient (Wildman–Crippen LogP) is 3.45. The van der Waals surface area contributed by atoms with Crippen molar-refractivity contribution in [3.63, 3.8) is 0 Å². The van der Waals surface area contributed by atoms with Gasteiger partial charge in [0.15, 0.2) is 5.65 Å². The van der Waals surface area contributed by atoms with Crippen LogP contribution < -0.4 is 5.43 Å². The molecule has 0 unspecified atom stereocenters. The van der Waals surface area contributed by atoms with E-state index in [2.05, 4.69) is 20.5 Å². The number of nitrogens with one attached hydrogen (secondary N) is 1. The first-order valence-corrected chi connectivity index (χ1v) is 6.76. The van der Waals surface area contributed by atoms with E-state index < -0.39 is 0 Å². The van der Waals surface area contributed by atoms with Crippen LogP contribution in [0, 0.1) is 6.92 Å². The van der Waals surface area contributed by atoms with Crippen molar-refractivity contribution in [1.29, 1.82) is 0 Å². The zero-order chi connectivity index (χ0) is 13.1. The summed E-state index contributed by atoms with van der Waals surface area (Å²) in [6, 6.07) is 9.89. The normalized spacial score (nSPS) is 11.2. The van der Waals surface area contributed by atoms with Crippen LogP contribution in [0.1, 0.15) is 10.6 Å². The molecule has 3 heterocycles. The highest BCUT2D eigenvalue weighted by molar-refractivity contribution is 7.11. The lowest BCUT2D eigenvalue weighted by atomic mass is 10.2. The smallest absolute Gasteiger partial charge is 0.161 e. The van der Waals surface area contributed by atoms with E-state index in [-0.39, 0.29) is 0 Å². The Morgan fingerprint density at radius 1 is 1.26 bits per heavy atom. The molecule has 3 aromatic rings. The summed E-state index contributed by atoms with van der Waals surface area (Å²) in [6.45, 7) is 1.95. The summed E-state index contributed by atoms with van der Waals surface area (Å²) < 4.78 is 0. The molecule has 0 atom stereocenters. The predicted molar refractivity (Wildman–Crippen MR) is 79.8 cm³/mol. The minimum Gasteiger partial charge on any atom is -0.278 e. The van der Waals surface area contributed by atoms with Gasteiger partial charge in [-0.25, -0.2) is 9.97 Å². The first-order chi connectivity index (χ1) is 9.33. The second-order valence-electron chi connectivity index (χ2n) is 4.07. The largest absolute Gasteiger partial charge is 0.278 e. The van der Waals surface area contributed by atoms with Crippen LogP contribution in [0.3, 0.4) is 0 Å². The van der Waals surface area contributed by atoms with Gasteiger partial charge in [0.1, 0.15) is 0 Å². The van der Waals surface area contributed by atoms with E-state index in [1.165, 1.54) is 0 Å². The van der Waals surface area contributed by atoms with E-state index in [0.717, 1.165) is 27.3 Å². The second kappa shape index (κ2) is 5.16. The SMILES string of the molecule is Cc1ccc2c(N/N=C/c3cccs3)ccnc2n1. The molecule has 1 N–H and O–H groups in total. The number of pyridine rings is 2. The fourth-order valence-corrected chi connectivity index (χ4v) is 2.34. The van der Waals surface area contributed by atoms with Crippen molar-refractivity contribution in [2.75, 3.05) is 5.43 Å². The summed E-state index contributed by atoms with van der Waals surface area (Å²) in [6.07, 6.45) is 3.54. The Bertz CT molecular complexity index is 719. The zero-order valence-electron chi connectivity index (χ0n) is 10.4. The molecule has 0 aromatic carbocycles. The number of hydrazone groups is 1. The molecular formula is C14H12N4S. The van der Waals surface area contributed by atoms with Crippen LogP contribution in [-0.2, 0) is 0 Å². The maximum Gasteiger partial charge on any atom is 0.161 e. The second-order valence-corrected chi connectivity index (χ2v) is 5.05. The fraction of sp³-hybridized carbons (Fsp3) is 0.0714. The third kappa shape index (κ3) is 2.61. The van der Waals surface area contributed by atoms with Crippen LogP contribution in [-0.4, -0.2) is 16.2 Å². The van der Waals surface area contributed by atoms with Gasteiger partial charge < -0.3 is 0 Å². The Morgan fingerprint density at radius 3 is 3.05 bits per heavy atom. The van der Waals surface area contributed by atoms with Crippen LogP contribution in [0.2, 0.25) is 0 Å². The average molecular weight is 268 g/mol. The molecule has 0 spiro atoms. The lowest BCUT2D eigenvalue weighted by molar-refractivity contribution is 1.20. The number of thiophene rings is 1. The summed E-state index contributed by atoms with van der Waals surface area (Å²) in [5, 5.41) is 7.23. The first-order valence-electron chi connectivity index (χ1n) is 5.88. The first kappa shape index (κ1) is 11.8. The molecule has 19 heavy (non-hydrogen) atoms. The lowest BCUT2D eigenvalue weighted by Crippen LogP contribution is -1.94. The third-order valence-electron chi connectivity index (χ3n) is 2.66. The van der Waals surface area contributed by atoms with Gasteiger partial charge in [0.05, 0.1) is 11.9 Å². The van der Waals surface area contributed by atoms with Crippen molar-refractivity contribution in [2.45, 2.75) is 6.92 Å². The summed E-state index contributed by atoms with van der Waals surface area (Å²) in [5.74, 6) is 0. The Hall–Kier alpha value is -2.27. The van der Waals surface area contributed by atoms with Gasteiger partial charge in [-0.1, -0.05) is 6.07 Å². The molecular weight excluding hydrogens is 256 g/mol. The molecule has 0 fully saturated rings. The number of fused-ring (bicyclic) bond motifs is 1. The van der Waals surface area contributed by atoms with Crippen LogP contribution in [0.5, 0.6) is 0 Å². The maximum absolute atomic E-state index is 4.39. The van der Waals surface area contributed by atoms with Crippen molar-refractivity contribution in [3.8, 4) is 0 Å². The highest BCUT2D eigenvalue weighted by Gasteiger charge is 2.01. The van der Waals surface area contributed by atoms with Crippen molar-refractivity contribution in [3.05, 3.63) is 52.5 Å². The lowest BCUT2D eigenvalue weighted by Gasteiger charge is -2.04. The van der Waals surface area contributed by atoms with Gasteiger partial charge in [-0.15, -0.1) is 11.3 Å². The molecule has 3 rings (SSSR count). The standard InChI is InChI=1S/C14H12N4S/c1-10-4-5-12-13(6-7-15-14(12)17-10)18-16-9-11-3-2-8-19-11/h2-9H,1H3,(H,15,17,18)/b16-9+. The summed E-state index contributed by atoms with van der Waals surface area (Å²) in [4.78, 5) is 9.76. The highest BCUT2D eigenvalue weighted by atomic mass is 32.1. The van der Waals surface area contributed by atoms with Crippen molar-refractivity contribution in [1.82, 2.24) is 9.97 Å². The van der Waals surface area contributed by atoms with Crippen molar-refractivity contribution < 1.29 is 0 Å². The number of nitrogens with zero attached hydrogens (tertiary/aromatic N) is 3. The van der Waals surface area contributed by atoms with Crippen LogP contribution in [0.15, 0.2) is 47.0 Å². The van der Waals surface area contributed by atoms with Gasteiger partial charge >= 0.3 is 0 Å². The molecule has 4 nitrogen and oxygen atoms in total.